The Morgan fingerprint density at radius 3 is 2.57 bits per heavy atom. The van der Waals surface area contributed by atoms with E-state index in [-0.39, 0.29) is 5.69 Å². The van der Waals surface area contributed by atoms with Crippen molar-refractivity contribution in [2.45, 2.75) is 4.90 Å². The third-order valence-corrected chi connectivity index (χ3v) is 4.28. The molecule has 0 radical (unpaired) electrons. The highest BCUT2D eigenvalue weighted by atomic mass is 79.9. The summed E-state index contributed by atoms with van der Waals surface area (Å²) in [7, 11) is -4.23. The number of nitrogens with zero attached hydrogens (tertiary/aromatic N) is 2. The topological polar surface area (TPSA) is 102 Å². The Morgan fingerprint density at radius 1 is 1.29 bits per heavy atom. The van der Waals surface area contributed by atoms with Gasteiger partial charge in [0.2, 0.25) is 0 Å². The number of anilines is 1. The first-order valence-corrected chi connectivity index (χ1v) is 7.65. The maximum Gasteiger partial charge on any atom is 0.292 e. The lowest BCUT2D eigenvalue weighted by Crippen LogP contribution is -2.15. The highest BCUT2D eigenvalue weighted by molar-refractivity contribution is 9.10. The third kappa shape index (κ3) is 3.52. The van der Waals surface area contributed by atoms with Crippen LogP contribution in [0, 0.1) is 15.9 Å². The first-order chi connectivity index (χ1) is 9.79. The Labute approximate surface area is 127 Å². The summed E-state index contributed by atoms with van der Waals surface area (Å²) in [5.41, 5.74) is -0.718. The minimum Gasteiger partial charge on any atom is -0.278 e. The van der Waals surface area contributed by atoms with E-state index in [1.807, 2.05) is 0 Å². The van der Waals surface area contributed by atoms with Gasteiger partial charge in [0.25, 0.3) is 15.7 Å². The van der Waals surface area contributed by atoms with Gasteiger partial charge in [0.15, 0.2) is 4.90 Å². The number of nitro groups is 1. The summed E-state index contributed by atoms with van der Waals surface area (Å²) in [5.74, 6) is -0.897. The van der Waals surface area contributed by atoms with Crippen molar-refractivity contribution in [2.24, 2.45) is 0 Å². The zero-order chi connectivity index (χ0) is 15.6. The van der Waals surface area contributed by atoms with Gasteiger partial charge in [-0.1, -0.05) is 0 Å². The van der Waals surface area contributed by atoms with E-state index >= 15 is 0 Å². The Bertz CT molecular complexity index is 796. The number of rotatable bonds is 4. The quantitative estimate of drug-likeness (QED) is 0.502. The molecule has 1 aromatic carbocycles. The number of nitro benzene ring substituents is 1. The molecular formula is C11H7BrFN3O4S. The smallest absolute Gasteiger partial charge is 0.278 e. The zero-order valence-electron chi connectivity index (χ0n) is 10.2. The summed E-state index contributed by atoms with van der Waals surface area (Å²) in [6.45, 7) is 0. The normalized spacial score (nSPS) is 11.1. The number of benzene rings is 1. The van der Waals surface area contributed by atoms with Crippen LogP contribution in [0.1, 0.15) is 0 Å². The summed E-state index contributed by atoms with van der Waals surface area (Å²) in [5, 5.41) is 10.8. The lowest BCUT2D eigenvalue weighted by Gasteiger charge is -2.08. The van der Waals surface area contributed by atoms with Gasteiger partial charge in [-0.15, -0.1) is 0 Å². The minimum atomic E-state index is -4.23. The van der Waals surface area contributed by atoms with Crippen LogP contribution in [-0.4, -0.2) is 18.3 Å². The fraction of sp³-hybridized carbons (Fsp3) is 0. The molecule has 1 heterocycles. The lowest BCUT2D eigenvalue weighted by molar-refractivity contribution is -0.388. The van der Waals surface area contributed by atoms with Gasteiger partial charge >= 0.3 is 0 Å². The molecule has 0 amide bonds. The highest BCUT2D eigenvalue weighted by Crippen LogP contribution is 2.26. The van der Waals surface area contributed by atoms with Gasteiger partial charge in [-0.3, -0.25) is 14.8 Å². The number of nitrogens with one attached hydrogen (secondary N) is 1. The monoisotopic (exact) mass is 375 g/mol. The molecule has 0 aliphatic rings. The van der Waals surface area contributed by atoms with Crippen molar-refractivity contribution >= 4 is 37.3 Å². The molecule has 0 saturated heterocycles. The van der Waals surface area contributed by atoms with Gasteiger partial charge in [-0.25, -0.2) is 17.8 Å². The number of halogens is 2. The van der Waals surface area contributed by atoms with Crippen molar-refractivity contribution in [2.75, 3.05) is 4.72 Å². The molecule has 2 aromatic rings. The number of aromatic nitrogens is 1. The molecule has 0 bridgehead atoms. The molecule has 10 heteroatoms. The van der Waals surface area contributed by atoms with E-state index < -0.39 is 31.3 Å². The number of sulfonamides is 1. The molecule has 0 aliphatic heterocycles. The molecular weight excluding hydrogens is 369 g/mol. The Kier molecular flexibility index (Phi) is 4.19. The molecule has 1 aromatic heterocycles. The van der Waals surface area contributed by atoms with Crippen LogP contribution in [0.5, 0.6) is 0 Å². The van der Waals surface area contributed by atoms with E-state index in [4.69, 9.17) is 0 Å². The third-order valence-electron chi connectivity index (χ3n) is 2.39. The number of hydrogen-bond donors (Lipinski definition) is 1. The largest absolute Gasteiger partial charge is 0.292 e. The van der Waals surface area contributed by atoms with Gasteiger partial charge in [0.05, 0.1) is 22.9 Å². The van der Waals surface area contributed by atoms with Crippen LogP contribution in [0.2, 0.25) is 0 Å². The van der Waals surface area contributed by atoms with E-state index in [1.54, 1.807) is 0 Å². The van der Waals surface area contributed by atoms with E-state index in [9.17, 15) is 22.9 Å². The van der Waals surface area contributed by atoms with Crippen LogP contribution in [0.3, 0.4) is 0 Å². The summed E-state index contributed by atoms with van der Waals surface area (Å²) in [4.78, 5) is 13.1. The number of pyridine rings is 1. The van der Waals surface area contributed by atoms with Crippen molar-refractivity contribution in [3.63, 3.8) is 0 Å². The maximum absolute atomic E-state index is 13.0. The number of hydrogen-bond acceptors (Lipinski definition) is 5. The zero-order valence-corrected chi connectivity index (χ0v) is 12.6. The predicted octanol–water partition coefficient (Wildman–Crippen LogP) is 2.69. The van der Waals surface area contributed by atoms with Crippen molar-refractivity contribution in [3.8, 4) is 0 Å². The standard InChI is InChI=1S/C11H7BrFN3O4S/c12-11-4-2-8(6-14-11)15-21(19,20)10-3-1-7(13)5-9(10)16(17)18/h1-6,15H. The molecule has 0 aliphatic carbocycles. The van der Waals surface area contributed by atoms with Gasteiger partial charge < -0.3 is 0 Å². The molecule has 1 N–H and O–H groups in total. The van der Waals surface area contributed by atoms with Crippen LogP contribution in [0.15, 0.2) is 46.0 Å². The van der Waals surface area contributed by atoms with E-state index in [1.165, 1.54) is 18.3 Å². The summed E-state index contributed by atoms with van der Waals surface area (Å²) in [6, 6.07) is 5.14. The Morgan fingerprint density at radius 2 is 2.00 bits per heavy atom. The van der Waals surface area contributed by atoms with E-state index in [2.05, 4.69) is 25.6 Å². The van der Waals surface area contributed by atoms with Gasteiger partial charge in [0, 0.05) is 0 Å². The van der Waals surface area contributed by atoms with Crippen molar-refractivity contribution in [1.29, 1.82) is 0 Å². The van der Waals surface area contributed by atoms with Crippen molar-refractivity contribution in [1.82, 2.24) is 4.98 Å². The van der Waals surface area contributed by atoms with Crippen LogP contribution in [0.4, 0.5) is 15.8 Å². The predicted molar refractivity (Wildman–Crippen MR) is 75.8 cm³/mol. The molecule has 7 nitrogen and oxygen atoms in total. The molecule has 0 spiro atoms. The molecule has 0 fully saturated rings. The summed E-state index contributed by atoms with van der Waals surface area (Å²) < 4.78 is 40.0. The molecule has 110 valence electrons. The summed E-state index contributed by atoms with van der Waals surface area (Å²) in [6.07, 6.45) is 1.23. The highest BCUT2D eigenvalue weighted by Gasteiger charge is 2.26. The van der Waals surface area contributed by atoms with Crippen LogP contribution >= 0.6 is 15.9 Å². The molecule has 21 heavy (non-hydrogen) atoms. The maximum atomic E-state index is 13.0. The summed E-state index contributed by atoms with van der Waals surface area (Å²) >= 11 is 3.09. The lowest BCUT2D eigenvalue weighted by atomic mass is 10.3. The second-order valence-electron chi connectivity index (χ2n) is 3.84. The van der Waals surface area contributed by atoms with Crippen LogP contribution < -0.4 is 4.72 Å². The van der Waals surface area contributed by atoms with Crippen molar-refractivity contribution < 1.29 is 17.7 Å². The van der Waals surface area contributed by atoms with Gasteiger partial charge in [-0.05, 0) is 40.2 Å². The Balaban J connectivity index is 2.44. The SMILES string of the molecule is O=[N+]([O-])c1cc(F)ccc1S(=O)(=O)Nc1ccc(Br)nc1. The first-order valence-electron chi connectivity index (χ1n) is 5.38. The molecule has 0 unspecified atom stereocenters. The molecule has 0 saturated carbocycles. The van der Waals surface area contributed by atoms with E-state index in [0.29, 0.717) is 10.7 Å². The van der Waals surface area contributed by atoms with Gasteiger partial charge in [-0.2, -0.15) is 0 Å². The van der Waals surface area contributed by atoms with E-state index in [0.717, 1.165) is 12.1 Å². The molecule has 2 rings (SSSR count). The van der Waals surface area contributed by atoms with Gasteiger partial charge in [0.1, 0.15) is 10.4 Å². The fourth-order valence-electron chi connectivity index (χ4n) is 1.51. The first kappa shape index (κ1) is 15.3. The average Bonchev–Trinajstić information content (AvgIpc) is 2.40. The van der Waals surface area contributed by atoms with Crippen LogP contribution in [-0.2, 0) is 10.0 Å². The second-order valence-corrected chi connectivity index (χ2v) is 6.31. The minimum absolute atomic E-state index is 0.122. The molecule has 0 atom stereocenters. The fourth-order valence-corrected chi connectivity index (χ4v) is 2.94. The average molecular weight is 376 g/mol. The Hall–Kier alpha value is -2.07. The van der Waals surface area contributed by atoms with Crippen LogP contribution in [0.25, 0.3) is 0 Å². The van der Waals surface area contributed by atoms with Crippen molar-refractivity contribution in [3.05, 3.63) is 57.1 Å². The second kappa shape index (κ2) is 5.74.